The summed E-state index contributed by atoms with van der Waals surface area (Å²) in [6.45, 7) is 6.40. The Morgan fingerprint density at radius 3 is 2.41 bits per heavy atom. The molecule has 1 fully saturated rings. The third kappa shape index (κ3) is 3.42. The van der Waals surface area contributed by atoms with Gasteiger partial charge in [-0.2, -0.15) is 0 Å². The summed E-state index contributed by atoms with van der Waals surface area (Å²) in [5, 5.41) is 9.56. The molecule has 0 radical (unpaired) electrons. The van der Waals surface area contributed by atoms with Crippen molar-refractivity contribution < 1.29 is 14.6 Å². The van der Waals surface area contributed by atoms with Crippen molar-refractivity contribution >= 4 is 5.97 Å². The fourth-order valence-electron chi connectivity index (χ4n) is 2.75. The summed E-state index contributed by atoms with van der Waals surface area (Å²) in [5.41, 5.74) is -0.636. The molecule has 0 heterocycles. The van der Waals surface area contributed by atoms with Gasteiger partial charge in [-0.3, -0.25) is 9.69 Å². The van der Waals surface area contributed by atoms with Gasteiger partial charge in [0.1, 0.15) is 5.54 Å². The van der Waals surface area contributed by atoms with E-state index in [0.29, 0.717) is 19.1 Å². The molecule has 100 valence electrons. The molecule has 0 amide bonds. The molecule has 1 aliphatic carbocycles. The topological polar surface area (TPSA) is 49.8 Å². The van der Waals surface area contributed by atoms with E-state index in [2.05, 4.69) is 18.7 Å². The van der Waals surface area contributed by atoms with Crippen LogP contribution in [-0.4, -0.2) is 48.3 Å². The molecule has 0 atom stereocenters. The van der Waals surface area contributed by atoms with Gasteiger partial charge in [0.15, 0.2) is 0 Å². The Balaban J connectivity index is 2.80. The number of methoxy groups -OCH3 is 1. The predicted molar refractivity (Wildman–Crippen MR) is 67.1 cm³/mol. The van der Waals surface area contributed by atoms with E-state index in [9.17, 15) is 9.90 Å². The Kier molecular flexibility index (Phi) is 5.40. The van der Waals surface area contributed by atoms with Crippen LogP contribution in [0, 0.1) is 5.92 Å². The highest BCUT2D eigenvalue weighted by Crippen LogP contribution is 2.36. The van der Waals surface area contributed by atoms with Gasteiger partial charge in [-0.1, -0.05) is 26.7 Å². The van der Waals surface area contributed by atoms with Crippen LogP contribution in [0.25, 0.3) is 0 Å². The van der Waals surface area contributed by atoms with Crippen LogP contribution < -0.4 is 0 Å². The van der Waals surface area contributed by atoms with E-state index >= 15 is 0 Å². The van der Waals surface area contributed by atoms with E-state index in [1.165, 1.54) is 0 Å². The number of carboxylic acid groups (broad SMARTS) is 1. The molecular formula is C13H25NO3. The van der Waals surface area contributed by atoms with Crippen LogP contribution in [0.4, 0.5) is 0 Å². The van der Waals surface area contributed by atoms with Crippen LogP contribution >= 0.6 is 0 Å². The Bertz CT molecular complexity index is 247. The Labute approximate surface area is 104 Å². The van der Waals surface area contributed by atoms with Gasteiger partial charge >= 0.3 is 5.97 Å². The van der Waals surface area contributed by atoms with Crippen molar-refractivity contribution in [2.24, 2.45) is 5.92 Å². The lowest BCUT2D eigenvalue weighted by Crippen LogP contribution is -2.55. The lowest BCUT2D eigenvalue weighted by atomic mass is 9.94. The second-order valence-electron chi connectivity index (χ2n) is 5.38. The van der Waals surface area contributed by atoms with Crippen LogP contribution in [0.15, 0.2) is 0 Å². The lowest BCUT2D eigenvalue weighted by molar-refractivity contribution is -0.152. The summed E-state index contributed by atoms with van der Waals surface area (Å²) < 4.78 is 5.10. The SMILES string of the molecule is COCCN(CC(C)C)C1(C(=O)O)CCCC1. The molecule has 0 spiro atoms. The van der Waals surface area contributed by atoms with E-state index in [0.717, 1.165) is 32.2 Å². The molecule has 0 aromatic heterocycles. The number of nitrogens with zero attached hydrogens (tertiary/aromatic N) is 1. The van der Waals surface area contributed by atoms with E-state index in [4.69, 9.17) is 4.74 Å². The van der Waals surface area contributed by atoms with E-state index in [1.54, 1.807) is 7.11 Å². The maximum atomic E-state index is 11.6. The summed E-state index contributed by atoms with van der Waals surface area (Å²) in [6.07, 6.45) is 3.60. The predicted octanol–water partition coefficient (Wildman–Crippen LogP) is 1.99. The minimum atomic E-state index is -0.660. The second kappa shape index (κ2) is 6.36. The highest BCUT2D eigenvalue weighted by atomic mass is 16.5. The van der Waals surface area contributed by atoms with Crippen molar-refractivity contribution in [3.63, 3.8) is 0 Å². The normalized spacial score (nSPS) is 19.1. The van der Waals surface area contributed by atoms with Crippen LogP contribution in [0.5, 0.6) is 0 Å². The fraction of sp³-hybridized carbons (Fsp3) is 0.923. The molecule has 4 nitrogen and oxygen atoms in total. The van der Waals surface area contributed by atoms with E-state index < -0.39 is 11.5 Å². The first-order valence-electron chi connectivity index (χ1n) is 6.50. The minimum Gasteiger partial charge on any atom is -0.480 e. The first kappa shape index (κ1) is 14.5. The highest BCUT2D eigenvalue weighted by molar-refractivity contribution is 5.79. The van der Waals surface area contributed by atoms with Crippen molar-refractivity contribution in [2.75, 3.05) is 26.8 Å². The van der Waals surface area contributed by atoms with Gasteiger partial charge in [-0.25, -0.2) is 0 Å². The summed E-state index contributed by atoms with van der Waals surface area (Å²) >= 11 is 0. The van der Waals surface area contributed by atoms with Crippen molar-refractivity contribution in [3.8, 4) is 0 Å². The third-order valence-corrected chi connectivity index (χ3v) is 3.58. The summed E-state index contributed by atoms with van der Waals surface area (Å²) in [6, 6.07) is 0. The average molecular weight is 243 g/mol. The summed E-state index contributed by atoms with van der Waals surface area (Å²) in [5.74, 6) is -0.185. The maximum absolute atomic E-state index is 11.6. The van der Waals surface area contributed by atoms with Gasteiger partial charge < -0.3 is 9.84 Å². The molecule has 0 saturated heterocycles. The molecule has 1 saturated carbocycles. The van der Waals surface area contributed by atoms with Crippen LogP contribution in [0.3, 0.4) is 0 Å². The van der Waals surface area contributed by atoms with Crippen molar-refractivity contribution in [1.29, 1.82) is 0 Å². The Hall–Kier alpha value is -0.610. The highest BCUT2D eigenvalue weighted by Gasteiger charge is 2.46. The van der Waals surface area contributed by atoms with E-state index in [-0.39, 0.29) is 0 Å². The molecule has 1 aliphatic rings. The molecule has 0 aliphatic heterocycles. The third-order valence-electron chi connectivity index (χ3n) is 3.58. The molecular weight excluding hydrogens is 218 g/mol. The average Bonchev–Trinajstić information content (AvgIpc) is 2.73. The smallest absolute Gasteiger partial charge is 0.324 e. The molecule has 1 N–H and O–H groups in total. The zero-order chi connectivity index (χ0) is 12.9. The van der Waals surface area contributed by atoms with Crippen molar-refractivity contribution in [2.45, 2.75) is 45.1 Å². The number of rotatable bonds is 7. The number of hydrogen-bond acceptors (Lipinski definition) is 3. The zero-order valence-electron chi connectivity index (χ0n) is 11.2. The number of ether oxygens (including phenoxy) is 1. The monoisotopic (exact) mass is 243 g/mol. The quantitative estimate of drug-likeness (QED) is 0.743. The molecule has 17 heavy (non-hydrogen) atoms. The molecule has 0 unspecified atom stereocenters. The van der Waals surface area contributed by atoms with Gasteiger partial charge in [-0.15, -0.1) is 0 Å². The second-order valence-corrected chi connectivity index (χ2v) is 5.38. The Morgan fingerprint density at radius 1 is 1.41 bits per heavy atom. The van der Waals surface area contributed by atoms with Crippen LogP contribution in [0.2, 0.25) is 0 Å². The van der Waals surface area contributed by atoms with Crippen LogP contribution in [0.1, 0.15) is 39.5 Å². The Morgan fingerprint density at radius 2 is 2.00 bits per heavy atom. The lowest BCUT2D eigenvalue weighted by Gasteiger charge is -2.38. The first-order valence-corrected chi connectivity index (χ1v) is 6.50. The van der Waals surface area contributed by atoms with Gasteiger partial charge in [0.05, 0.1) is 6.61 Å². The number of carboxylic acids is 1. The molecule has 1 rings (SSSR count). The number of aliphatic carboxylic acids is 1. The first-order chi connectivity index (χ1) is 8.03. The molecule has 0 bridgehead atoms. The minimum absolute atomic E-state index is 0.476. The van der Waals surface area contributed by atoms with Gasteiger partial charge in [0.25, 0.3) is 0 Å². The number of carbonyl (C=O) groups is 1. The van der Waals surface area contributed by atoms with Crippen molar-refractivity contribution in [1.82, 2.24) is 4.90 Å². The van der Waals surface area contributed by atoms with E-state index in [1.807, 2.05) is 0 Å². The molecule has 4 heteroatoms. The fourth-order valence-corrected chi connectivity index (χ4v) is 2.75. The van der Waals surface area contributed by atoms with Gasteiger partial charge in [-0.05, 0) is 18.8 Å². The zero-order valence-corrected chi connectivity index (χ0v) is 11.2. The summed E-state index contributed by atoms with van der Waals surface area (Å²) in [7, 11) is 1.66. The standard InChI is InChI=1S/C13H25NO3/c1-11(2)10-14(8-9-17-3)13(12(15)16)6-4-5-7-13/h11H,4-10H2,1-3H3,(H,15,16). The molecule has 0 aromatic carbocycles. The number of hydrogen-bond donors (Lipinski definition) is 1. The largest absolute Gasteiger partial charge is 0.480 e. The van der Waals surface area contributed by atoms with Gasteiger partial charge in [0, 0.05) is 20.2 Å². The summed E-state index contributed by atoms with van der Waals surface area (Å²) in [4.78, 5) is 13.7. The van der Waals surface area contributed by atoms with Gasteiger partial charge in [0.2, 0.25) is 0 Å². The molecule has 0 aromatic rings. The van der Waals surface area contributed by atoms with Crippen molar-refractivity contribution in [3.05, 3.63) is 0 Å². The van der Waals surface area contributed by atoms with Crippen LogP contribution in [-0.2, 0) is 9.53 Å². The maximum Gasteiger partial charge on any atom is 0.324 e.